The zero-order valence-electron chi connectivity index (χ0n) is 17.8. The van der Waals surface area contributed by atoms with Crippen LogP contribution < -0.4 is 16.1 Å². The average Bonchev–Trinajstić information content (AvgIpc) is 3.07. The third-order valence-electron chi connectivity index (χ3n) is 4.72. The highest BCUT2D eigenvalue weighted by molar-refractivity contribution is 6.58. The number of carbonyl (C=O) groups excluding carboxylic acids is 1. The Morgan fingerprint density at radius 3 is 2.75 bits per heavy atom. The Labute approximate surface area is 182 Å². The molecule has 8 nitrogen and oxygen atoms in total. The molecule has 0 fully saturated rings. The number of fused-ring (bicyclic) bond motifs is 1. The van der Waals surface area contributed by atoms with E-state index in [4.69, 9.17) is 4.74 Å². The number of urea groups is 1. The molecule has 4 N–H and O–H groups in total. The predicted octanol–water partition coefficient (Wildman–Crippen LogP) is 1.73. The first-order chi connectivity index (χ1) is 14.8. The topological polar surface area (TPSA) is 108 Å². The minimum atomic E-state index is -4.52. The first-order valence-corrected chi connectivity index (χ1v) is 9.91. The van der Waals surface area contributed by atoms with E-state index in [1.807, 2.05) is 19.2 Å². The van der Waals surface area contributed by atoms with E-state index in [0.717, 1.165) is 5.57 Å². The standard InChI is InChI=1S/C20H24BF3N4O4/c1-12(2)32-15-6-13(8-19(3,9-15)27-18(29)26-11-20(22,23)24)16-10-25-17-7-14(21(30)31)4-5-28(16)17/h4-7,9-10,12,30-31H,8,11H2,1-3H3,(H2,26,27,29). The van der Waals surface area contributed by atoms with Crippen LogP contribution in [-0.2, 0) is 4.74 Å². The summed E-state index contributed by atoms with van der Waals surface area (Å²) in [5.74, 6) is 0.456. The molecule has 0 bridgehead atoms. The molecule has 2 amide bonds. The number of imidazole rings is 1. The van der Waals surface area contributed by atoms with Gasteiger partial charge in [0.1, 0.15) is 18.0 Å². The summed E-state index contributed by atoms with van der Waals surface area (Å²) >= 11 is 0. The Hall–Kier alpha value is -2.99. The van der Waals surface area contributed by atoms with Gasteiger partial charge in [-0.05, 0) is 56.1 Å². The number of hydrogen-bond donors (Lipinski definition) is 4. The van der Waals surface area contributed by atoms with Gasteiger partial charge in [0.15, 0.2) is 0 Å². The number of amides is 2. The molecule has 2 heterocycles. The number of ether oxygens (including phenoxy) is 1. The lowest BCUT2D eigenvalue weighted by Crippen LogP contribution is -2.51. The fraction of sp³-hybridized carbons (Fsp3) is 0.400. The van der Waals surface area contributed by atoms with Crippen molar-refractivity contribution >= 4 is 29.8 Å². The molecule has 32 heavy (non-hydrogen) atoms. The van der Waals surface area contributed by atoms with Gasteiger partial charge in [-0.25, -0.2) is 9.78 Å². The fourth-order valence-electron chi connectivity index (χ4n) is 3.49. The van der Waals surface area contributed by atoms with E-state index < -0.39 is 31.4 Å². The molecule has 3 rings (SSSR count). The van der Waals surface area contributed by atoms with Crippen LogP contribution in [0.3, 0.4) is 0 Å². The van der Waals surface area contributed by atoms with Gasteiger partial charge in [0.05, 0.1) is 23.5 Å². The van der Waals surface area contributed by atoms with E-state index >= 15 is 0 Å². The Morgan fingerprint density at radius 1 is 1.41 bits per heavy atom. The zero-order valence-corrected chi connectivity index (χ0v) is 17.8. The molecular formula is C20H24BF3N4O4. The molecule has 1 atom stereocenters. The number of halogens is 3. The number of nitrogens with zero attached hydrogens (tertiary/aromatic N) is 2. The summed E-state index contributed by atoms with van der Waals surface area (Å²) in [5.41, 5.74) is 1.12. The number of rotatable bonds is 6. The molecule has 172 valence electrons. The lowest BCUT2D eigenvalue weighted by molar-refractivity contribution is -0.122. The summed E-state index contributed by atoms with van der Waals surface area (Å²) in [6, 6.07) is 2.11. The highest BCUT2D eigenvalue weighted by Crippen LogP contribution is 2.33. The molecule has 0 saturated heterocycles. The summed E-state index contributed by atoms with van der Waals surface area (Å²) < 4.78 is 44.9. The van der Waals surface area contributed by atoms with E-state index in [9.17, 15) is 28.0 Å². The molecule has 0 radical (unpaired) electrons. The van der Waals surface area contributed by atoms with Crippen molar-refractivity contribution in [1.82, 2.24) is 20.0 Å². The third-order valence-corrected chi connectivity index (χ3v) is 4.72. The molecule has 1 unspecified atom stereocenters. The van der Waals surface area contributed by atoms with Gasteiger partial charge in [-0.1, -0.05) is 0 Å². The second-order valence-electron chi connectivity index (χ2n) is 8.11. The molecule has 0 saturated carbocycles. The first kappa shape index (κ1) is 23.7. The lowest BCUT2D eigenvalue weighted by Gasteiger charge is -2.33. The number of alkyl halides is 3. The van der Waals surface area contributed by atoms with E-state index in [-0.39, 0.29) is 18.0 Å². The maximum atomic E-state index is 12.4. The van der Waals surface area contributed by atoms with Crippen LogP contribution in [0, 0.1) is 0 Å². The average molecular weight is 452 g/mol. The summed E-state index contributed by atoms with van der Waals surface area (Å²) in [4.78, 5) is 16.4. The fourth-order valence-corrected chi connectivity index (χ4v) is 3.49. The molecule has 1 aliphatic carbocycles. The van der Waals surface area contributed by atoms with Gasteiger partial charge in [-0.2, -0.15) is 13.2 Å². The van der Waals surface area contributed by atoms with Gasteiger partial charge >= 0.3 is 19.3 Å². The maximum absolute atomic E-state index is 12.4. The van der Waals surface area contributed by atoms with Crippen LogP contribution in [0.25, 0.3) is 11.2 Å². The summed E-state index contributed by atoms with van der Waals surface area (Å²) in [7, 11) is -1.63. The van der Waals surface area contributed by atoms with Gasteiger partial charge in [0, 0.05) is 12.6 Å². The quantitative estimate of drug-likeness (QED) is 0.500. The zero-order chi connectivity index (χ0) is 23.7. The normalized spacial score (nSPS) is 18.9. The van der Waals surface area contributed by atoms with Crippen molar-refractivity contribution in [2.45, 2.75) is 45.0 Å². The Morgan fingerprint density at radius 2 is 2.12 bits per heavy atom. The van der Waals surface area contributed by atoms with Crippen molar-refractivity contribution < 1.29 is 32.8 Å². The SMILES string of the molecule is CC(C)OC1=CC(C)(NC(=O)NCC(F)(F)F)CC(c2cnc3cc(B(O)O)ccn23)=C1. The van der Waals surface area contributed by atoms with E-state index in [0.29, 0.717) is 17.1 Å². The van der Waals surface area contributed by atoms with Crippen molar-refractivity contribution in [2.75, 3.05) is 6.54 Å². The number of hydrogen-bond acceptors (Lipinski definition) is 5. The van der Waals surface area contributed by atoms with Gasteiger partial charge in [0.25, 0.3) is 0 Å². The Bertz CT molecular complexity index is 1060. The van der Waals surface area contributed by atoms with Crippen LogP contribution in [-0.4, -0.2) is 56.9 Å². The van der Waals surface area contributed by atoms with Gasteiger partial charge in [0.2, 0.25) is 0 Å². The molecular weight excluding hydrogens is 428 g/mol. The highest BCUT2D eigenvalue weighted by Gasteiger charge is 2.33. The Kier molecular flexibility index (Phi) is 6.56. The Balaban J connectivity index is 1.91. The third kappa shape index (κ3) is 5.83. The second-order valence-corrected chi connectivity index (χ2v) is 8.11. The monoisotopic (exact) mass is 452 g/mol. The van der Waals surface area contributed by atoms with Crippen LogP contribution in [0.2, 0.25) is 0 Å². The second kappa shape index (κ2) is 8.87. The molecule has 2 aromatic heterocycles. The largest absolute Gasteiger partial charge is 0.491 e. The smallest absolute Gasteiger partial charge is 0.488 e. The number of pyridine rings is 1. The number of nitrogens with one attached hydrogen (secondary N) is 2. The maximum Gasteiger partial charge on any atom is 0.488 e. The van der Waals surface area contributed by atoms with Crippen molar-refractivity contribution in [3.63, 3.8) is 0 Å². The van der Waals surface area contributed by atoms with E-state index in [1.54, 1.807) is 35.9 Å². The van der Waals surface area contributed by atoms with Crippen molar-refractivity contribution in [1.29, 1.82) is 0 Å². The molecule has 0 aliphatic heterocycles. The molecule has 2 aromatic rings. The van der Waals surface area contributed by atoms with Crippen LogP contribution in [0.1, 0.15) is 32.9 Å². The first-order valence-electron chi connectivity index (χ1n) is 9.91. The molecule has 0 aromatic carbocycles. The van der Waals surface area contributed by atoms with Crippen LogP contribution in [0.15, 0.2) is 42.4 Å². The van der Waals surface area contributed by atoms with Gasteiger partial charge in [-0.3, -0.25) is 0 Å². The van der Waals surface area contributed by atoms with Gasteiger partial charge < -0.3 is 29.8 Å². The van der Waals surface area contributed by atoms with Crippen molar-refractivity contribution in [3.05, 3.63) is 48.1 Å². The van der Waals surface area contributed by atoms with Crippen LogP contribution >= 0.6 is 0 Å². The predicted molar refractivity (Wildman–Crippen MR) is 113 cm³/mol. The van der Waals surface area contributed by atoms with Crippen molar-refractivity contribution in [2.24, 2.45) is 0 Å². The van der Waals surface area contributed by atoms with E-state index in [2.05, 4.69) is 10.3 Å². The molecule has 0 spiro atoms. The summed E-state index contributed by atoms with van der Waals surface area (Å²) in [6.45, 7) is 3.91. The number of carbonyl (C=O) groups is 1. The highest BCUT2D eigenvalue weighted by atomic mass is 19.4. The van der Waals surface area contributed by atoms with Crippen molar-refractivity contribution in [3.8, 4) is 0 Å². The van der Waals surface area contributed by atoms with Crippen LogP contribution in [0.5, 0.6) is 0 Å². The van der Waals surface area contributed by atoms with Gasteiger partial charge in [-0.15, -0.1) is 0 Å². The minimum absolute atomic E-state index is 0.170. The molecule has 12 heteroatoms. The van der Waals surface area contributed by atoms with Crippen LogP contribution in [0.4, 0.5) is 18.0 Å². The number of aromatic nitrogens is 2. The number of allylic oxidation sites excluding steroid dienone is 1. The summed E-state index contributed by atoms with van der Waals surface area (Å²) in [5, 5.41) is 23.2. The van der Waals surface area contributed by atoms with E-state index in [1.165, 1.54) is 12.1 Å². The molecule has 1 aliphatic rings. The summed E-state index contributed by atoms with van der Waals surface area (Å²) in [6.07, 6.45) is 2.25. The lowest BCUT2D eigenvalue weighted by atomic mass is 9.81. The minimum Gasteiger partial charge on any atom is -0.491 e.